The molecule has 0 spiro atoms. The molecule has 322 valence electrons. The van der Waals surface area contributed by atoms with Crippen molar-refractivity contribution in [2.75, 3.05) is 59.2 Å². The van der Waals surface area contributed by atoms with E-state index in [-0.39, 0.29) is 76.0 Å². The molecule has 2 aromatic heterocycles. The summed E-state index contributed by atoms with van der Waals surface area (Å²) in [7, 11) is 0. The van der Waals surface area contributed by atoms with E-state index in [1.54, 1.807) is 29.9 Å². The van der Waals surface area contributed by atoms with Gasteiger partial charge in [-0.05, 0) is 82.2 Å². The topological polar surface area (TPSA) is 178 Å². The molecular weight excluding hydrogens is 767 g/mol. The van der Waals surface area contributed by atoms with Crippen LogP contribution in [0, 0.1) is 0 Å². The highest BCUT2D eigenvalue weighted by molar-refractivity contribution is 5.91. The number of amides is 4. The normalized spacial score (nSPS) is 12.2. The van der Waals surface area contributed by atoms with Crippen molar-refractivity contribution >= 4 is 29.4 Å². The number of hydrogen-bond acceptors (Lipinski definition) is 10. The Bertz CT molecular complexity index is 1960. The summed E-state index contributed by atoms with van der Waals surface area (Å²) >= 11 is 0. The van der Waals surface area contributed by atoms with Gasteiger partial charge in [0.2, 0.25) is 30.4 Å². The maximum atomic E-state index is 14.3. The number of aromatic nitrogens is 4. The van der Waals surface area contributed by atoms with E-state index in [1.165, 1.54) is 21.6 Å². The van der Waals surface area contributed by atoms with E-state index in [1.807, 2.05) is 77.0 Å². The maximum Gasteiger partial charge on any atom is 0.243 e. The van der Waals surface area contributed by atoms with Crippen LogP contribution in [0.15, 0.2) is 86.0 Å². The van der Waals surface area contributed by atoms with Gasteiger partial charge < -0.3 is 43.9 Å². The molecule has 0 saturated heterocycles. The summed E-state index contributed by atoms with van der Waals surface area (Å²) in [5, 5.41) is 0. The molecule has 1 unspecified atom stereocenters. The van der Waals surface area contributed by atoms with E-state index < -0.39 is 11.9 Å². The molecule has 4 aromatic rings. The van der Waals surface area contributed by atoms with Gasteiger partial charge in [-0.1, -0.05) is 36.4 Å². The Morgan fingerprint density at radius 3 is 1.87 bits per heavy atom. The molecule has 4 amide bonds. The molecule has 1 aliphatic heterocycles. The van der Waals surface area contributed by atoms with E-state index in [9.17, 15) is 24.0 Å². The Kier molecular flexibility index (Phi) is 17.7. The fourth-order valence-corrected chi connectivity index (χ4v) is 7.12. The first kappa shape index (κ1) is 45.1. The number of fused-ring (bicyclic) bond motifs is 1. The number of Topliss-reactive ketones (excluding diaryl/α,β-unsaturated/α-hetero) is 1. The van der Waals surface area contributed by atoms with Crippen molar-refractivity contribution < 1.29 is 33.4 Å². The second-order valence-corrected chi connectivity index (χ2v) is 15.1. The quantitative estimate of drug-likeness (QED) is 0.0919. The monoisotopic (exact) mass is 825 g/mol. The number of benzene rings is 2. The van der Waals surface area contributed by atoms with Crippen LogP contribution in [-0.2, 0) is 43.5 Å². The lowest BCUT2D eigenvalue weighted by atomic mass is 10.1. The molecule has 1 aliphatic rings. The van der Waals surface area contributed by atoms with E-state index in [0.717, 1.165) is 11.1 Å². The highest BCUT2D eigenvalue weighted by atomic mass is 16.7. The number of hydrogen-bond donors (Lipinski definition) is 1. The van der Waals surface area contributed by atoms with Gasteiger partial charge in [0.25, 0.3) is 0 Å². The van der Waals surface area contributed by atoms with Crippen LogP contribution in [0.25, 0.3) is 0 Å². The Hall–Kier alpha value is -6.03. The van der Waals surface area contributed by atoms with Crippen LogP contribution >= 0.6 is 0 Å². The predicted octanol–water partition coefficient (Wildman–Crippen LogP) is 3.72. The third-order valence-electron chi connectivity index (χ3n) is 10.5. The zero-order valence-electron chi connectivity index (χ0n) is 34.9. The number of ether oxygens (including phenoxy) is 2. The lowest BCUT2D eigenvalue weighted by molar-refractivity contribution is -0.147. The van der Waals surface area contributed by atoms with Crippen LogP contribution in [0.2, 0.25) is 0 Å². The summed E-state index contributed by atoms with van der Waals surface area (Å²) in [4.78, 5) is 83.1. The number of carbonyl (C=O) groups is 5. The first-order chi connectivity index (χ1) is 29.1. The summed E-state index contributed by atoms with van der Waals surface area (Å²) in [6, 6.07) is 14.8. The standard InChI is InChI=1S/C44H59N9O7/c1-35(54)28-53(36(2)38-12-4-3-5-13-38)44(58)31-52(24-10-21-49-26-19-47-33-49)43(57)30-51(22-7-6-17-45)42(56)29-50(23-9-20-48-25-18-46-32-48)41(55)14-8-11-37-15-16-39-40(27-37)60-34-59-39/h3-5,12-13,15-16,18-19,25-27,32-33,36H,6-11,14,17,20-24,28-31,34,45H2,1-2H3. The predicted molar refractivity (Wildman–Crippen MR) is 224 cm³/mol. The molecular formula is C44H59N9O7. The molecule has 5 rings (SSSR count). The molecule has 0 radical (unpaired) electrons. The number of nitrogens with two attached hydrogens (primary N) is 1. The summed E-state index contributed by atoms with van der Waals surface area (Å²) in [6.07, 6.45) is 14.2. The molecule has 1 atom stereocenters. The summed E-state index contributed by atoms with van der Waals surface area (Å²) < 4.78 is 14.7. The largest absolute Gasteiger partial charge is 0.454 e. The summed E-state index contributed by atoms with van der Waals surface area (Å²) in [5.41, 5.74) is 7.71. The van der Waals surface area contributed by atoms with E-state index in [2.05, 4.69) is 9.97 Å². The number of rotatable bonds is 26. The fraction of sp³-hybridized carbons (Fsp3) is 0.477. The molecule has 0 saturated carbocycles. The van der Waals surface area contributed by atoms with Gasteiger partial charge in [0.05, 0.1) is 44.9 Å². The van der Waals surface area contributed by atoms with Crippen LogP contribution in [-0.4, -0.2) is 127 Å². The van der Waals surface area contributed by atoms with E-state index >= 15 is 0 Å². The highest BCUT2D eigenvalue weighted by Crippen LogP contribution is 2.33. The van der Waals surface area contributed by atoms with Crippen molar-refractivity contribution in [2.45, 2.75) is 77.9 Å². The number of aryl methyl sites for hydroxylation is 3. The maximum absolute atomic E-state index is 14.3. The van der Waals surface area contributed by atoms with Gasteiger partial charge in [0, 0.05) is 63.9 Å². The van der Waals surface area contributed by atoms with Crippen LogP contribution in [0.1, 0.15) is 69.5 Å². The zero-order chi connectivity index (χ0) is 42.7. The third-order valence-corrected chi connectivity index (χ3v) is 10.5. The molecule has 0 fully saturated rings. The second kappa shape index (κ2) is 23.5. The lowest BCUT2D eigenvalue weighted by Crippen LogP contribution is -2.50. The minimum Gasteiger partial charge on any atom is -0.454 e. The van der Waals surface area contributed by atoms with Crippen molar-refractivity contribution in [2.24, 2.45) is 5.73 Å². The molecule has 0 bridgehead atoms. The first-order valence-corrected chi connectivity index (χ1v) is 20.8. The van der Waals surface area contributed by atoms with E-state index in [0.29, 0.717) is 76.2 Å². The van der Waals surface area contributed by atoms with Crippen molar-refractivity contribution in [1.82, 2.24) is 38.7 Å². The Morgan fingerprint density at radius 1 is 0.700 bits per heavy atom. The first-order valence-electron chi connectivity index (χ1n) is 20.8. The molecule has 2 N–H and O–H groups in total. The van der Waals surface area contributed by atoms with Gasteiger partial charge in [0.15, 0.2) is 11.5 Å². The van der Waals surface area contributed by atoms with Gasteiger partial charge in [-0.25, -0.2) is 9.97 Å². The SMILES string of the molecule is CC(=O)CN(C(=O)CN(CCCn1ccnc1)C(=O)CN(CCCCN)C(=O)CN(CCCn1ccnc1)C(=O)CCCc1ccc2c(c1)OCO2)C(C)c1ccccc1. The van der Waals surface area contributed by atoms with Gasteiger partial charge in [-0.2, -0.15) is 0 Å². The van der Waals surface area contributed by atoms with Crippen LogP contribution < -0.4 is 15.2 Å². The lowest BCUT2D eigenvalue weighted by Gasteiger charge is -2.33. The van der Waals surface area contributed by atoms with Gasteiger partial charge in [-0.15, -0.1) is 0 Å². The molecule has 16 nitrogen and oxygen atoms in total. The average Bonchev–Trinajstić information content (AvgIpc) is 4.06. The van der Waals surface area contributed by atoms with Crippen molar-refractivity contribution in [3.63, 3.8) is 0 Å². The third kappa shape index (κ3) is 14.1. The molecule has 2 aromatic carbocycles. The Labute approximate surface area is 352 Å². The number of carbonyl (C=O) groups excluding carboxylic acids is 5. The molecule has 60 heavy (non-hydrogen) atoms. The van der Waals surface area contributed by atoms with E-state index in [4.69, 9.17) is 15.2 Å². The van der Waals surface area contributed by atoms with Crippen LogP contribution in [0.5, 0.6) is 11.5 Å². The van der Waals surface area contributed by atoms with Gasteiger partial charge >= 0.3 is 0 Å². The van der Waals surface area contributed by atoms with Gasteiger partial charge in [-0.3, -0.25) is 24.0 Å². The Balaban J connectivity index is 1.29. The number of unbranched alkanes of at least 4 members (excludes halogenated alkanes) is 1. The van der Waals surface area contributed by atoms with Crippen molar-refractivity contribution in [3.05, 3.63) is 97.1 Å². The van der Waals surface area contributed by atoms with Crippen LogP contribution in [0.4, 0.5) is 0 Å². The van der Waals surface area contributed by atoms with Crippen molar-refractivity contribution in [1.29, 1.82) is 0 Å². The number of nitrogens with zero attached hydrogens (tertiary/aromatic N) is 8. The smallest absolute Gasteiger partial charge is 0.243 e. The van der Waals surface area contributed by atoms with Crippen molar-refractivity contribution in [3.8, 4) is 11.5 Å². The number of ketones is 1. The molecule has 0 aliphatic carbocycles. The minimum absolute atomic E-state index is 0.114. The zero-order valence-corrected chi connectivity index (χ0v) is 34.9. The second-order valence-electron chi connectivity index (χ2n) is 15.1. The van der Waals surface area contributed by atoms with Gasteiger partial charge in [0.1, 0.15) is 5.78 Å². The average molecular weight is 826 g/mol. The highest BCUT2D eigenvalue weighted by Gasteiger charge is 2.29. The molecule has 3 heterocycles. The molecule has 16 heteroatoms. The Morgan fingerprint density at radius 2 is 1.28 bits per heavy atom. The summed E-state index contributed by atoms with van der Waals surface area (Å²) in [5.74, 6) is -0.117. The minimum atomic E-state index is -0.422. The number of imidazole rings is 2. The fourth-order valence-electron chi connectivity index (χ4n) is 7.12. The van der Waals surface area contributed by atoms with Crippen LogP contribution in [0.3, 0.4) is 0 Å². The summed E-state index contributed by atoms with van der Waals surface area (Å²) in [6.45, 7) is 4.98.